The van der Waals surface area contributed by atoms with Crippen LogP contribution >= 0.6 is 0 Å². The molecule has 3 heteroatoms. The number of aryl methyl sites for hydroxylation is 1. The lowest BCUT2D eigenvalue weighted by Crippen LogP contribution is -2.38. The molecule has 1 atom stereocenters. The molecule has 0 amide bonds. The summed E-state index contributed by atoms with van der Waals surface area (Å²) < 4.78 is 5.55. The first-order valence-corrected chi connectivity index (χ1v) is 7.31. The second kappa shape index (κ2) is 6.92. The van der Waals surface area contributed by atoms with Crippen molar-refractivity contribution in [1.29, 1.82) is 0 Å². The first-order chi connectivity index (χ1) is 9.19. The molecule has 1 N–H and O–H groups in total. The third-order valence-corrected chi connectivity index (χ3v) is 3.61. The van der Waals surface area contributed by atoms with E-state index in [-0.39, 0.29) is 0 Å². The molecule has 1 aromatic carbocycles. The van der Waals surface area contributed by atoms with Gasteiger partial charge in [0.25, 0.3) is 0 Å². The van der Waals surface area contributed by atoms with Crippen LogP contribution in [-0.2, 0) is 12.8 Å². The minimum Gasteiger partial charge on any atom is -0.493 e. The summed E-state index contributed by atoms with van der Waals surface area (Å²) in [5.41, 5.74) is 2.82. The van der Waals surface area contributed by atoms with Gasteiger partial charge in [-0.1, -0.05) is 19.1 Å². The Kier molecular flexibility index (Phi) is 5.23. The molecule has 2 rings (SSSR count). The normalized spacial score (nSPS) is 15.4. The van der Waals surface area contributed by atoms with E-state index in [1.807, 2.05) is 0 Å². The minimum atomic E-state index is 0.574. The van der Waals surface area contributed by atoms with E-state index in [0.717, 1.165) is 38.3 Å². The molecule has 0 fully saturated rings. The number of nitrogens with zero attached hydrogens (tertiary/aromatic N) is 1. The molecule has 1 unspecified atom stereocenters. The maximum atomic E-state index is 5.55. The van der Waals surface area contributed by atoms with E-state index < -0.39 is 0 Å². The number of rotatable bonds is 7. The molecular formula is C16H26N2O. The Hall–Kier alpha value is -1.06. The Labute approximate surface area is 116 Å². The molecule has 0 saturated carbocycles. The smallest absolute Gasteiger partial charge is 0.122 e. The van der Waals surface area contributed by atoms with Gasteiger partial charge in [0.2, 0.25) is 0 Å². The number of likely N-dealkylation sites (N-methyl/N-ethyl adjacent to an activating group) is 2. The van der Waals surface area contributed by atoms with E-state index in [0.29, 0.717) is 6.04 Å². The third-order valence-electron chi connectivity index (χ3n) is 3.61. The lowest BCUT2D eigenvalue weighted by atomic mass is 10.0. The standard InChI is InChI=1S/C16H26N2O/c1-4-17-15(12-18(2)3)7-5-13-6-8-16-14(11-13)9-10-19-16/h6,8,11,15,17H,4-5,7,9-10,12H2,1-3H3. The topological polar surface area (TPSA) is 24.5 Å². The van der Waals surface area contributed by atoms with Gasteiger partial charge in [-0.05, 0) is 50.7 Å². The summed E-state index contributed by atoms with van der Waals surface area (Å²) in [5.74, 6) is 1.08. The number of benzene rings is 1. The zero-order chi connectivity index (χ0) is 13.7. The van der Waals surface area contributed by atoms with Gasteiger partial charge < -0.3 is 15.0 Å². The molecule has 0 aliphatic carbocycles. The number of hydrogen-bond donors (Lipinski definition) is 1. The summed E-state index contributed by atoms with van der Waals surface area (Å²) in [5, 5.41) is 3.57. The van der Waals surface area contributed by atoms with Gasteiger partial charge in [-0.25, -0.2) is 0 Å². The second-order valence-electron chi connectivity index (χ2n) is 5.60. The maximum Gasteiger partial charge on any atom is 0.122 e. The van der Waals surface area contributed by atoms with E-state index in [2.05, 4.69) is 49.4 Å². The fourth-order valence-electron chi connectivity index (χ4n) is 2.72. The van der Waals surface area contributed by atoms with Gasteiger partial charge in [-0.2, -0.15) is 0 Å². The van der Waals surface area contributed by atoms with Gasteiger partial charge in [0.15, 0.2) is 0 Å². The van der Waals surface area contributed by atoms with Gasteiger partial charge in [-0.3, -0.25) is 0 Å². The van der Waals surface area contributed by atoms with Crippen LogP contribution in [0.2, 0.25) is 0 Å². The van der Waals surface area contributed by atoms with Crippen LogP contribution in [0.4, 0.5) is 0 Å². The van der Waals surface area contributed by atoms with Crippen molar-refractivity contribution in [3.63, 3.8) is 0 Å². The van der Waals surface area contributed by atoms with Gasteiger partial charge in [0.05, 0.1) is 6.61 Å². The van der Waals surface area contributed by atoms with Crippen LogP contribution in [0.3, 0.4) is 0 Å². The molecule has 1 aliphatic rings. The lowest BCUT2D eigenvalue weighted by Gasteiger charge is -2.21. The van der Waals surface area contributed by atoms with Crippen molar-refractivity contribution in [1.82, 2.24) is 10.2 Å². The summed E-state index contributed by atoms with van der Waals surface area (Å²) in [7, 11) is 4.27. The quantitative estimate of drug-likeness (QED) is 0.814. The van der Waals surface area contributed by atoms with Crippen molar-refractivity contribution in [3.8, 4) is 5.75 Å². The van der Waals surface area contributed by atoms with Gasteiger partial charge in [0.1, 0.15) is 5.75 Å². The number of nitrogens with one attached hydrogen (secondary N) is 1. The van der Waals surface area contributed by atoms with Crippen LogP contribution in [0.15, 0.2) is 18.2 Å². The highest BCUT2D eigenvalue weighted by Crippen LogP contribution is 2.26. The summed E-state index contributed by atoms with van der Waals surface area (Å²) in [6.07, 6.45) is 3.39. The summed E-state index contributed by atoms with van der Waals surface area (Å²) in [6, 6.07) is 7.24. The van der Waals surface area contributed by atoms with Gasteiger partial charge >= 0.3 is 0 Å². The van der Waals surface area contributed by atoms with Gasteiger partial charge in [-0.15, -0.1) is 0 Å². The molecule has 0 aromatic heterocycles. The number of hydrogen-bond acceptors (Lipinski definition) is 3. The fourth-order valence-corrected chi connectivity index (χ4v) is 2.72. The van der Waals surface area contributed by atoms with Crippen LogP contribution in [0.25, 0.3) is 0 Å². The van der Waals surface area contributed by atoms with Crippen LogP contribution in [-0.4, -0.2) is 44.7 Å². The summed E-state index contributed by atoms with van der Waals surface area (Å²) >= 11 is 0. The van der Waals surface area contributed by atoms with Crippen molar-refractivity contribution in [2.75, 3.05) is 33.8 Å². The summed E-state index contributed by atoms with van der Waals surface area (Å²) in [6.45, 7) is 5.16. The molecule has 1 heterocycles. The van der Waals surface area contributed by atoms with Crippen LogP contribution < -0.4 is 10.1 Å². The Bertz CT molecular complexity index is 404. The monoisotopic (exact) mass is 262 g/mol. The largest absolute Gasteiger partial charge is 0.493 e. The number of fused-ring (bicyclic) bond motifs is 1. The molecule has 0 radical (unpaired) electrons. The SMILES string of the molecule is CCNC(CCc1ccc2c(c1)CCO2)CN(C)C. The molecule has 19 heavy (non-hydrogen) atoms. The third kappa shape index (κ3) is 4.22. The van der Waals surface area contributed by atoms with Crippen molar-refractivity contribution in [3.05, 3.63) is 29.3 Å². The predicted octanol–water partition coefficient (Wildman–Crippen LogP) is 2.09. The van der Waals surface area contributed by atoms with Gasteiger partial charge in [0, 0.05) is 19.0 Å². The molecule has 1 aromatic rings. The first kappa shape index (κ1) is 14.4. The Balaban J connectivity index is 1.89. The van der Waals surface area contributed by atoms with Crippen molar-refractivity contribution in [2.45, 2.75) is 32.2 Å². The van der Waals surface area contributed by atoms with E-state index in [1.54, 1.807) is 0 Å². The molecular weight excluding hydrogens is 236 g/mol. The zero-order valence-corrected chi connectivity index (χ0v) is 12.4. The van der Waals surface area contributed by atoms with Crippen LogP contribution in [0.1, 0.15) is 24.5 Å². The zero-order valence-electron chi connectivity index (χ0n) is 12.4. The molecule has 106 valence electrons. The fraction of sp³-hybridized carbons (Fsp3) is 0.625. The van der Waals surface area contributed by atoms with Crippen molar-refractivity contribution >= 4 is 0 Å². The maximum absolute atomic E-state index is 5.55. The van der Waals surface area contributed by atoms with Crippen LogP contribution in [0, 0.1) is 0 Å². The lowest BCUT2D eigenvalue weighted by molar-refractivity contribution is 0.329. The second-order valence-corrected chi connectivity index (χ2v) is 5.60. The van der Waals surface area contributed by atoms with Crippen LogP contribution in [0.5, 0.6) is 5.75 Å². The highest BCUT2D eigenvalue weighted by atomic mass is 16.5. The molecule has 0 spiro atoms. The Morgan fingerprint density at radius 1 is 1.37 bits per heavy atom. The van der Waals surface area contributed by atoms with Crippen molar-refractivity contribution in [2.24, 2.45) is 0 Å². The van der Waals surface area contributed by atoms with E-state index in [1.165, 1.54) is 17.5 Å². The first-order valence-electron chi connectivity index (χ1n) is 7.31. The molecule has 0 saturated heterocycles. The minimum absolute atomic E-state index is 0.574. The molecule has 0 bridgehead atoms. The van der Waals surface area contributed by atoms with Crippen molar-refractivity contribution < 1.29 is 4.74 Å². The van der Waals surface area contributed by atoms with E-state index >= 15 is 0 Å². The summed E-state index contributed by atoms with van der Waals surface area (Å²) in [4.78, 5) is 2.25. The molecule has 3 nitrogen and oxygen atoms in total. The molecule has 1 aliphatic heterocycles. The van der Waals surface area contributed by atoms with E-state index in [9.17, 15) is 0 Å². The van der Waals surface area contributed by atoms with E-state index in [4.69, 9.17) is 4.74 Å². The Morgan fingerprint density at radius 2 is 2.21 bits per heavy atom. The Morgan fingerprint density at radius 3 is 2.95 bits per heavy atom. The average molecular weight is 262 g/mol. The highest BCUT2D eigenvalue weighted by molar-refractivity contribution is 5.39. The average Bonchev–Trinajstić information content (AvgIpc) is 2.83. The number of ether oxygens (including phenoxy) is 1. The predicted molar refractivity (Wildman–Crippen MR) is 80.0 cm³/mol. The highest BCUT2D eigenvalue weighted by Gasteiger charge is 2.13.